The average Bonchev–Trinajstić information content (AvgIpc) is 3.08. The Hall–Kier alpha value is -2.39. The van der Waals surface area contributed by atoms with Crippen molar-refractivity contribution >= 4 is 29.3 Å². The minimum absolute atomic E-state index is 0.257. The van der Waals surface area contributed by atoms with E-state index in [1.165, 1.54) is 15.4 Å². The van der Waals surface area contributed by atoms with Crippen LogP contribution in [0.2, 0.25) is 0 Å². The minimum atomic E-state index is -0.523. The Bertz CT molecular complexity index is 1020. The second-order valence-corrected chi connectivity index (χ2v) is 10.3. The lowest BCUT2D eigenvalue weighted by Crippen LogP contribution is -2.49. The van der Waals surface area contributed by atoms with E-state index in [4.69, 9.17) is 20.2 Å². The molecule has 0 radical (unpaired) electrons. The molecule has 0 spiro atoms. The molecule has 7 nitrogen and oxygen atoms in total. The van der Waals surface area contributed by atoms with E-state index in [2.05, 4.69) is 65.3 Å². The number of amidine groups is 1. The van der Waals surface area contributed by atoms with E-state index in [1.807, 2.05) is 0 Å². The molecular formula is C28H38N4O3S. The van der Waals surface area contributed by atoms with Crippen LogP contribution in [0.3, 0.4) is 0 Å². The molecule has 0 saturated carbocycles. The summed E-state index contributed by atoms with van der Waals surface area (Å²) in [6.07, 6.45) is 3.85. The van der Waals surface area contributed by atoms with Crippen molar-refractivity contribution in [2.24, 2.45) is 10.7 Å². The highest BCUT2D eigenvalue weighted by Crippen LogP contribution is 2.40. The fourth-order valence-corrected chi connectivity index (χ4v) is 5.45. The number of hydrogen-bond donors (Lipinski definition) is 1. The topological polar surface area (TPSA) is 80.4 Å². The van der Waals surface area contributed by atoms with Crippen LogP contribution in [0.4, 0.5) is 5.69 Å². The van der Waals surface area contributed by atoms with Crippen LogP contribution >= 0.6 is 11.8 Å². The number of carbonyl (C=O) groups excluding carboxylic acids is 1. The number of fused-ring (bicyclic) bond motifs is 2. The molecule has 194 valence electrons. The molecular weight excluding hydrogens is 472 g/mol. The van der Waals surface area contributed by atoms with E-state index < -0.39 is 6.04 Å². The first kappa shape index (κ1) is 26.7. The Morgan fingerprint density at radius 2 is 1.75 bits per heavy atom. The summed E-state index contributed by atoms with van der Waals surface area (Å²) in [7, 11) is 0. The molecule has 0 aromatic heterocycles. The molecule has 4 rings (SSSR count). The van der Waals surface area contributed by atoms with Gasteiger partial charge in [0.15, 0.2) is 0 Å². The maximum atomic E-state index is 11.9. The van der Waals surface area contributed by atoms with Gasteiger partial charge < -0.3 is 20.1 Å². The lowest BCUT2D eigenvalue weighted by Gasteiger charge is -2.36. The Morgan fingerprint density at radius 3 is 2.56 bits per heavy atom. The molecule has 1 unspecified atom stereocenters. The maximum absolute atomic E-state index is 11.9. The standard InChI is InChI=1S/C28H38N4O3S/c1-2-3-4-10-23(29)28(33)35-21-20-34-19-18-31-14-16-32(17-15-31)27-22-9-5-7-12-25(22)36-26-13-8-6-11-24(26)30-27/h5-9,11-13,23H,2-4,10,14-21,29H2,1H3. The summed E-state index contributed by atoms with van der Waals surface area (Å²) in [5.74, 6) is 0.739. The van der Waals surface area contributed by atoms with Crippen molar-refractivity contribution < 1.29 is 14.3 Å². The van der Waals surface area contributed by atoms with Gasteiger partial charge in [0.1, 0.15) is 18.5 Å². The first-order valence-corrected chi connectivity index (χ1v) is 13.9. The molecule has 2 aromatic rings. The predicted molar refractivity (Wildman–Crippen MR) is 145 cm³/mol. The molecule has 0 amide bonds. The van der Waals surface area contributed by atoms with Crippen LogP contribution in [-0.4, -0.2) is 80.2 Å². The normalized spacial score (nSPS) is 16.5. The van der Waals surface area contributed by atoms with Gasteiger partial charge in [-0.25, -0.2) is 4.99 Å². The van der Waals surface area contributed by atoms with Crippen molar-refractivity contribution in [2.75, 3.05) is 52.5 Å². The van der Waals surface area contributed by atoms with Gasteiger partial charge in [-0.05, 0) is 24.6 Å². The molecule has 2 aliphatic heterocycles. The van der Waals surface area contributed by atoms with Crippen LogP contribution in [0.5, 0.6) is 0 Å². The van der Waals surface area contributed by atoms with Crippen LogP contribution in [0.25, 0.3) is 0 Å². The van der Waals surface area contributed by atoms with Crippen LogP contribution in [0.15, 0.2) is 63.3 Å². The van der Waals surface area contributed by atoms with E-state index in [-0.39, 0.29) is 12.6 Å². The van der Waals surface area contributed by atoms with Gasteiger partial charge in [0.25, 0.3) is 0 Å². The lowest BCUT2D eigenvalue weighted by molar-refractivity contribution is -0.147. The summed E-state index contributed by atoms with van der Waals surface area (Å²) in [6, 6.07) is 16.4. The highest BCUT2D eigenvalue weighted by molar-refractivity contribution is 7.99. The van der Waals surface area contributed by atoms with Crippen molar-refractivity contribution in [1.82, 2.24) is 9.80 Å². The summed E-state index contributed by atoms with van der Waals surface area (Å²) >= 11 is 1.79. The van der Waals surface area contributed by atoms with Gasteiger partial charge in [0.05, 0.1) is 18.9 Å². The molecule has 2 aromatic carbocycles. The van der Waals surface area contributed by atoms with Crippen molar-refractivity contribution in [3.05, 3.63) is 54.1 Å². The number of carbonyl (C=O) groups is 1. The molecule has 1 fully saturated rings. The fraction of sp³-hybridized carbons (Fsp3) is 0.500. The zero-order valence-corrected chi connectivity index (χ0v) is 22.0. The summed E-state index contributed by atoms with van der Waals surface area (Å²) in [5.41, 5.74) is 8.12. The van der Waals surface area contributed by atoms with Gasteiger partial charge in [0, 0.05) is 48.1 Å². The number of rotatable bonds is 11. The minimum Gasteiger partial charge on any atom is -0.462 e. The maximum Gasteiger partial charge on any atom is 0.322 e. The van der Waals surface area contributed by atoms with Crippen molar-refractivity contribution in [3.63, 3.8) is 0 Å². The molecule has 36 heavy (non-hydrogen) atoms. The van der Waals surface area contributed by atoms with Crippen molar-refractivity contribution in [3.8, 4) is 0 Å². The first-order valence-electron chi connectivity index (χ1n) is 13.1. The van der Waals surface area contributed by atoms with E-state index in [1.54, 1.807) is 11.8 Å². The van der Waals surface area contributed by atoms with Crippen LogP contribution in [0, 0.1) is 0 Å². The number of nitrogens with two attached hydrogens (primary N) is 1. The second-order valence-electron chi connectivity index (χ2n) is 9.21. The van der Waals surface area contributed by atoms with Gasteiger partial charge in [0.2, 0.25) is 0 Å². The zero-order chi connectivity index (χ0) is 25.2. The largest absolute Gasteiger partial charge is 0.462 e. The summed E-state index contributed by atoms with van der Waals surface area (Å²) < 4.78 is 11.0. The number of piperazine rings is 1. The van der Waals surface area contributed by atoms with Crippen molar-refractivity contribution in [2.45, 2.75) is 48.4 Å². The smallest absolute Gasteiger partial charge is 0.322 e. The molecule has 0 aliphatic carbocycles. The summed E-state index contributed by atoms with van der Waals surface area (Å²) in [4.78, 5) is 24.3. The van der Waals surface area contributed by atoms with E-state index in [0.29, 0.717) is 19.6 Å². The molecule has 0 bridgehead atoms. The monoisotopic (exact) mass is 510 g/mol. The average molecular weight is 511 g/mol. The number of benzene rings is 2. The molecule has 2 aliphatic rings. The van der Waals surface area contributed by atoms with Crippen molar-refractivity contribution in [1.29, 1.82) is 0 Å². The number of para-hydroxylation sites is 1. The summed E-state index contributed by atoms with van der Waals surface area (Å²) in [5, 5.41) is 0. The number of esters is 1. The molecule has 1 atom stereocenters. The van der Waals surface area contributed by atoms with Gasteiger partial charge in [-0.3, -0.25) is 9.69 Å². The predicted octanol–water partition coefficient (Wildman–Crippen LogP) is 4.31. The Labute approximate surface area is 219 Å². The van der Waals surface area contributed by atoms with Gasteiger partial charge in [-0.2, -0.15) is 0 Å². The Balaban J connectivity index is 1.19. The highest BCUT2D eigenvalue weighted by atomic mass is 32.2. The van der Waals surface area contributed by atoms with E-state index in [0.717, 1.165) is 63.5 Å². The third-order valence-corrected chi connectivity index (χ3v) is 7.70. The zero-order valence-electron chi connectivity index (χ0n) is 21.2. The van der Waals surface area contributed by atoms with Crippen LogP contribution in [-0.2, 0) is 14.3 Å². The number of hydrogen-bond acceptors (Lipinski definition) is 8. The number of unbranched alkanes of at least 4 members (excludes halogenated alkanes) is 2. The highest BCUT2D eigenvalue weighted by Gasteiger charge is 2.25. The van der Waals surface area contributed by atoms with Gasteiger partial charge in [-0.15, -0.1) is 0 Å². The van der Waals surface area contributed by atoms with E-state index in [9.17, 15) is 4.79 Å². The Morgan fingerprint density at radius 1 is 1.00 bits per heavy atom. The summed E-state index contributed by atoms with van der Waals surface area (Å²) in [6.45, 7) is 8.03. The lowest BCUT2D eigenvalue weighted by atomic mass is 10.1. The SMILES string of the molecule is CCCCCC(N)C(=O)OCCOCCN1CCN(C2=Nc3ccccc3Sc3ccccc32)CC1. The third-order valence-electron chi connectivity index (χ3n) is 6.56. The first-order chi connectivity index (χ1) is 17.7. The fourth-order valence-electron chi connectivity index (χ4n) is 4.43. The second kappa shape index (κ2) is 13.8. The van der Waals surface area contributed by atoms with E-state index >= 15 is 0 Å². The third kappa shape index (κ3) is 7.32. The number of aliphatic imine (C=N–C) groups is 1. The van der Waals surface area contributed by atoms with Crippen LogP contribution < -0.4 is 5.73 Å². The number of ether oxygens (including phenoxy) is 2. The van der Waals surface area contributed by atoms with Crippen LogP contribution in [0.1, 0.15) is 38.2 Å². The van der Waals surface area contributed by atoms with Gasteiger partial charge >= 0.3 is 5.97 Å². The molecule has 2 N–H and O–H groups in total. The van der Waals surface area contributed by atoms with Gasteiger partial charge in [-0.1, -0.05) is 68.3 Å². The quantitative estimate of drug-likeness (QED) is 0.356. The molecule has 2 heterocycles. The molecule has 1 saturated heterocycles. The number of nitrogens with zero attached hydrogens (tertiary/aromatic N) is 3. The molecule has 8 heteroatoms. The Kier molecular flexibility index (Phi) is 10.2.